The Morgan fingerprint density at radius 3 is 2.32 bits per heavy atom. The van der Waals surface area contributed by atoms with Gasteiger partial charge in [0, 0.05) is 16.6 Å². The predicted molar refractivity (Wildman–Crippen MR) is 98.2 cm³/mol. The first kappa shape index (κ1) is 19.2. The van der Waals surface area contributed by atoms with Crippen LogP contribution in [0.3, 0.4) is 0 Å². The van der Waals surface area contributed by atoms with Gasteiger partial charge in [0.2, 0.25) is 0 Å². The van der Waals surface area contributed by atoms with Crippen LogP contribution >= 0.6 is 23.2 Å². The molecular weight excluding hydrogens is 365 g/mol. The van der Waals surface area contributed by atoms with Crippen molar-refractivity contribution in [2.75, 3.05) is 27.4 Å². The molecular formula is C18H19Cl2NO4. The van der Waals surface area contributed by atoms with Gasteiger partial charge in [-0.15, -0.1) is 0 Å². The van der Waals surface area contributed by atoms with Gasteiger partial charge < -0.3 is 19.5 Å². The molecule has 1 N–H and O–H groups in total. The summed E-state index contributed by atoms with van der Waals surface area (Å²) in [6.45, 7) is 0.372. The van der Waals surface area contributed by atoms with Crippen molar-refractivity contribution in [3.63, 3.8) is 0 Å². The maximum Gasteiger partial charge on any atom is 0.257 e. The monoisotopic (exact) mass is 383 g/mol. The lowest BCUT2D eigenvalue weighted by molar-refractivity contribution is -0.123. The average molecular weight is 384 g/mol. The number of halogens is 2. The summed E-state index contributed by atoms with van der Waals surface area (Å²) in [6, 6.07) is 10.4. The summed E-state index contributed by atoms with van der Waals surface area (Å²) in [5.41, 5.74) is 1.03. The van der Waals surface area contributed by atoms with E-state index in [1.807, 2.05) is 18.2 Å². The second-order valence-corrected chi connectivity index (χ2v) is 6.06. The van der Waals surface area contributed by atoms with E-state index in [4.69, 9.17) is 37.4 Å². The average Bonchev–Trinajstić information content (AvgIpc) is 2.59. The Morgan fingerprint density at radius 1 is 1.00 bits per heavy atom. The van der Waals surface area contributed by atoms with E-state index in [9.17, 15) is 4.79 Å². The van der Waals surface area contributed by atoms with E-state index in [0.717, 1.165) is 5.56 Å². The lowest BCUT2D eigenvalue weighted by Crippen LogP contribution is -2.30. The number of amides is 1. The number of carbonyl (C=O) groups is 1. The van der Waals surface area contributed by atoms with Gasteiger partial charge in [-0.3, -0.25) is 4.79 Å². The molecule has 1 amide bonds. The largest absolute Gasteiger partial charge is 0.493 e. The Morgan fingerprint density at radius 2 is 1.68 bits per heavy atom. The first-order valence-corrected chi connectivity index (χ1v) is 8.34. The molecule has 0 saturated carbocycles. The van der Waals surface area contributed by atoms with Crippen molar-refractivity contribution < 1.29 is 19.0 Å². The van der Waals surface area contributed by atoms with E-state index in [-0.39, 0.29) is 12.5 Å². The summed E-state index contributed by atoms with van der Waals surface area (Å²) >= 11 is 11.8. The highest BCUT2D eigenvalue weighted by Gasteiger charge is 2.07. The fourth-order valence-corrected chi connectivity index (χ4v) is 2.70. The van der Waals surface area contributed by atoms with Crippen LogP contribution in [0.4, 0.5) is 0 Å². The number of hydrogen-bond donors (Lipinski definition) is 1. The van der Waals surface area contributed by atoms with Crippen molar-refractivity contribution in [2.45, 2.75) is 6.42 Å². The maximum absolute atomic E-state index is 11.9. The quantitative estimate of drug-likeness (QED) is 0.753. The van der Waals surface area contributed by atoms with Gasteiger partial charge in [-0.05, 0) is 42.3 Å². The molecule has 0 bridgehead atoms. The van der Waals surface area contributed by atoms with Crippen LogP contribution in [0.5, 0.6) is 17.2 Å². The number of rotatable bonds is 8. The summed E-state index contributed by atoms with van der Waals surface area (Å²) in [6.07, 6.45) is 0.662. The minimum Gasteiger partial charge on any atom is -0.493 e. The Hall–Kier alpha value is -2.11. The molecule has 0 aliphatic carbocycles. The molecule has 5 nitrogen and oxygen atoms in total. The smallest absolute Gasteiger partial charge is 0.257 e. The molecule has 0 saturated heterocycles. The Labute approximate surface area is 156 Å². The van der Waals surface area contributed by atoms with Crippen molar-refractivity contribution in [2.24, 2.45) is 0 Å². The lowest BCUT2D eigenvalue weighted by atomic mass is 10.1. The molecule has 0 aliphatic rings. The summed E-state index contributed by atoms with van der Waals surface area (Å²) in [5, 5.41) is 3.70. The zero-order valence-corrected chi connectivity index (χ0v) is 15.5. The van der Waals surface area contributed by atoms with E-state index in [1.165, 1.54) is 0 Å². The van der Waals surface area contributed by atoms with E-state index in [1.54, 1.807) is 32.4 Å². The van der Waals surface area contributed by atoms with Crippen LogP contribution in [0, 0.1) is 0 Å². The van der Waals surface area contributed by atoms with Crippen molar-refractivity contribution in [3.05, 3.63) is 52.0 Å². The van der Waals surface area contributed by atoms with Crippen LogP contribution in [0.25, 0.3) is 0 Å². The minimum atomic E-state index is -0.225. The molecule has 0 fully saturated rings. The number of nitrogens with one attached hydrogen (secondary N) is 1. The number of hydrogen-bond acceptors (Lipinski definition) is 4. The molecule has 0 spiro atoms. The third-order valence-corrected chi connectivity index (χ3v) is 3.83. The summed E-state index contributed by atoms with van der Waals surface area (Å²) in [4.78, 5) is 11.9. The van der Waals surface area contributed by atoms with Crippen LogP contribution in [-0.2, 0) is 11.2 Å². The summed E-state index contributed by atoms with van der Waals surface area (Å²) in [5.74, 6) is 1.56. The summed E-state index contributed by atoms with van der Waals surface area (Å²) in [7, 11) is 3.17. The van der Waals surface area contributed by atoms with Crippen LogP contribution in [0.2, 0.25) is 10.0 Å². The Bertz CT molecular complexity index is 717. The standard InChI is InChI=1S/C18H19Cl2NO4/c1-23-16-4-3-12(7-17(16)24-2)5-6-21-18(22)11-25-15-9-13(19)8-14(20)10-15/h3-4,7-10H,5-6,11H2,1-2H3,(H,21,22). The fourth-order valence-electron chi connectivity index (χ4n) is 2.19. The Kier molecular flexibility index (Phi) is 7.22. The van der Waals surface area contributed by atoms with Gasteiger partial charge in [-0.25, -0.2) is 0 Å². The molecule has 0 aliphatic heterocycles. The zero-order valence-electron chi connectivity index (χ0n) is 14.0. The second-order valence-electron chi connectivity index (χ2n) is 5.18. The molecule has 2 aromatic carbocycles. The van der Waals surface area contributed by atoms with Gasteiger partial charge in [0.1, 0.15) is 5.75 Å². The molecule has 25 heavy (non-hydrogen) atoms. The van der Waals surface area contributed by atoms with E-state index < -0.39 is 0 Å². The third kappa shape index (κ3) is 6.03. The molecule has 0 radical (unpaired) electrons. The van der Waals surface area contributed by atoms with E-state index >= 15 is 0 Å². The van der Waals surface area contributed by atoms with Crippen LogP contribution in [-0.4, -0.2) is 33.3 Å². The Balaban J connectivity index is 1.78. The predicted octanol–water partition coefficient (Wildman–Crippen LogP) is 3.75. The highest BCUT2D eigenvalue weighted by molar-refractivity contribution is 6.34. The minimum absolute atomic E-state index is 0.109. The summed E-state index contributed by atoms with van der Waals surface area (Å²) < 4.78 is 15.8. The highest BCUT2D eigenvalue weighted by Crippen LogP contribution is 2.27. The first-order chi connectivity index (χ1) is 12.0. The molecule has 2 rings (SSSR count). The van der Waals surface area contributed by atoms with Gasteiger partial charge in [0.25, 0.3) is 5.91 Å². The SMILES string of the molecule is COc1ccc(CCNC(=O)COc2cc(Cl)cc(Cl)c2)cc1OC. The van der Waals surface area contributed by atoms with Gasteiger partial charge in [-0.2, -0.15) is 0 Å². The first-order valence-electron chi connectivity index (χ1n) is 7.58. The van der Waals surface area contributed by atoms with Crippen LogP contribution in [0.1, 0.15) is 5.56 Å². The van der Waals surface area contributed by atoms with E-state index in [2.05, 4.69) is 5.32 Å². The van der Waals surface area contributed by atoms with Gasteiger partial charge in [0.15, 0.2) is 18.1 Å². The normalized spacial score (nSPS) is 10.2. The lowest BCUT2D eigenvalue weighted by Gasteiger charge is -2.10. The van der Waals surface area contributed by atoms with Gasteiger partial charge >= 0.3 is 0 Å². The molecule has 134 valence electrons. The van der Waals surface area contributed by atoms with Gasteiger partial charge in [-0.1, -0.05) is 29.3 Å². The third-order valence-electron chi connectivity index (χ3n) is 3.39. The molecule has 0 unspecified atom stereocenters. The van der Waals surface area contributed by atoms with Crippen LogP contribution < -0.4 is 19.5 Å². The zero-order chi connectivity index (χ0) is 18.2. The molecule has 7 heteroatoms. The number of carbonyl (C=O) groups excluding carboxylic acids is 1. The van der Waals surface area contributed by atoms with E-state index in [0.29, 0.717) is 40.3 Å². The fraction of sp³-hybridized carbons (Fsp3) is 0.278. The number of methoxy groups -OCH3 is 2. The van der Waals surface area contributed by atoms with Gasteiger partial charge in [0.05, 0.1) is 14.2 Å². The molecule has 2 aromatic rings. The van der Waals surface area contributed by atoms with Crippen molar-refractivity contribution >= 4 is 29.1 Å². The number of ether oxygens (including phenoxy) is 3. The van der Waals surface area contributed by atoms with Crippen molar-refractivity contribution in [3.8, 4) is 17.2 Å². The molecule has 0 heterocycles. The second kappa shape index (κ2) is 9.39. The topological polar surface area (TPSA) is 56.8 Å². The maximum atomic E-state index is 11.9. The van der Waals surface area contributed by atoms with Crippen molar-refractivity contribution in [1.82, 2.24) is 5.32 Å². The van der Waals surface area contributed by atoms with Crippen LogP contribution in [0.15, 0.2) is 36.4 Å². The highest BCUT2D eigenvalue weighted by atomic mass is 35.5. The molecule has 0 aromatic heterocycles. The van der Waals surface area contributed by atoms with Crippen molar-refractivity contribution in [1.29, 1.82) is 0 Å². The number of benzene rings is 2. The molecule has 0 atom stereocenters.